The maximum Gasteiger partial charge on any atom is 0.303 e. The Morgan fingerprint density at radius 3 is 2.63 bits per heavy atom. The van der Waals surface area contributed by atoms with E-state index in [-0.39, 0.29) is 30.2 Å². The summed E-state index contributed by atoms with van der Waals surface area (Å²) < 4.78 is 0. The average Bonchev–Trinajstić information content (AvgIpc) is 2.68. The van der Waals surface area contributed by atoms with Crippen LogP contribution in [0, 0.1) is 5.41 Å². The van der Waals surface area contributed by atoms with Crippen molar-refractivity contribution in [3.63, 3.8) is 0 Å². The third-order valence-electron chi connectivity index (χ3n) is 3.76. The molecule has 106 valence electrons. The van der Waals surface area contributed by atoms with E-state index in [4.69, 9.17) is 5.11 Å². The van der Waals surface area contributed by atoms with Crippen LogP contribution in [0.15, 0.2) is 0 Å². The van der Waals surface area contributed by atoms with E-state index in [1.807, 2.05) is 0 Å². The molecule has 1 aliphatic heterocycles. The lowest BCUT2D eigenvalue weighted by atomic mass is 9.66. The SMILES string of the molecule is O=C(O)CC1(CNC(=O)CN2CSCC2=O)CCC1. The lowest BCUT2D eigenvalue weighted by molar-refractivity contribution is -0.142. The molecule has 1 saturated carbocycles. The minimum absolute atomic E-state index is 0.0101. The van der Waals surface area contributed by atoms with Gasteiger partial charge in [0, 0.05) is 6.54 Å². The van der Waals surface area contributed by atoms with Gasteiger partial charge in [-0.05, 0) is 18.3 Å². The van der Waals surface area contributed by atoms with Crippen LogP contribution in [-0.2, 0) is 14.4 Å². The Bertz CT molecular complexity index is 395. The number of nitrogens with zero attached hydrogens (tertiary/aromatic N) is 1. The Morgan fingerprint density at radius 2 is 2.16 bits per heavy atom. The van der Waals surface area contributed by atoms with E-state index in [0.717, 1.165) is 19.3 Å². The van der Waals surface area contributed by atoms with Crippen LogP contribution in [0.1, 0.15) is 25.7 Å². The molecular formula is C12H18N2O4S. The van der Waals surface area contributed by atoms with Gasteiger partial charge in [-0.25, -0.2) is 0 Å². The number of hydrogen-bond acceptors (Lipinski definition) is 4. The van der Waals surface area contributed by atoms with Crippen molar-refractivity contribution in [1.29, 1.82) is 0 Å². The highest BCUT2D eigenvalue weighted by Gasteiger charge is 2.39. The first-order valence-corrected chi connectivity index (χ1v) is 7.50. The second-order valence-corrected chi connectivity index (χ2v) is 6.23. The maximum atomic E-state index is 11.8. The van der Waals surface area contributed by atoms with Crippen molar-refractivity contribution in [3.8, 4) is 0 Å². The fourth-order valence-corrected chi connectivity index (χ4v) is 3.37. The van der Waals surface area contributed by atoms with Crippen molar-refractivity contribution < 1.29 is 19.5 Å². The standard InChI is InChI=1S/C12H18N2O4S/c15-9(5-14-8-19-6-10(14)16)13-7-12(2-1-3-12)4-11(17)18/h1-8H2,(H,13,15)(H,17,18). The van der Waals surface area contributed by atoms with Gasteiger partial charge in [-0.3, -0.25) is 14.4 Å². The van der Waals surface area contributed by atoms with E-state index in [1.165, 1.54) is 16.7 Å². The molecule has 0 aromatic rings. The zero-order valence-electron chi connectivity index (χ0n) is 10.7. The maximum absolute atomic E-state index is 11.8. The van der Waals surface area contributed by atoms with E-state index in [9.17, 15) is 14.4 Å². The summed E-state index contributed by atoms with van der Waals surface area (Å²) in [6, 6.07) is 0. The van der Waals surface area contributed by atoms with E-state index in [1.54, 1.807) is 0 Å². The lowest BCUT2D eigenvalue weighted by Crippen LogP contribution is -2.46. The molecule has 2 fully saturated rings. The molecule has 0 aromatic carbocycles. The third-order valence-corrected chi connectivity index (χ3v) is 4.71. The number of carboxylic acid groups (broad SMARTS) is 1. The van der Waals surface area contributed by atoms with Gasteiger partial charge in [0.15, 0.2) is 0 Å². The van der Waals surface area contributed by atoms with Crippen LogP contribution in [0.4, 0.5) is 0 Å². The zero-order chi connectivity index (χ0) is 13.9. The van der Waals surface area contributed by atoms with Gasteiger partial charge in [-0.15, -0.1) is 11.8 Å². The molecule has 0 unspecified atom stereocenters. The van der Waals surface area contributed by atoms with E-state index < -0.39 is 5.97 Å². The van der Waals surface area contributed by atoms with Gasteiger partial charge >= 0.3 is 5.97 Å². The summed E-state index contributed by atoms with van der Waals surface area (Å²) in [7, 11) is 0. The highest BCUT2D eigenvalue weighted by Crippen LogP contribution is 2.43. The fraction of sp³-hybridized carbons (Fsp3) is 0.750. The van der Waals surface area contributed by atoms with Crippen LogP contribution < -0.4 is 5.32 Å². The first kappa shape index (κ1) is 14.2. The summed E-state index contributed by atoms with van der Waals surface area (Å²) in [4.78, 5) is 35.5. The zero-order valence-corrected chi connectivity index (χ0v) is 11.5. The molecule has 1 saturated heterocycles. The highest BCUT2D eigenvalue weighted by molar-refractivity contribution is 8.00. The minimum Gasteiger partial charge on any atom is -0.481 e. The van der Waals surface area contributed by atoms with Crippen molar-refractivity contribution in [1.82, 2.24) is 10.2 Å². The molecule has 1 heterocycles. The number of nitrogens with one attached hydrogen (secondary N) is 1. The molecule has 2 aliphatic rings. The Balaban J connectivity index is 1.76. The van der Waals surface area contributed by atoms with E-state index in [2.05, 4.69) is 5.32 Å². The summed E-state index contributed by atoms with van der Waals surface area (Å²) >= 11 is 1.50. The molecule has 0 aromatic heterocycles. The molecule has 0 radical (unpaired) electrons. The average molecular weight is 286 g/mol. The van der Waals surface area contributed by atoms with Crippen molar-refractivity contribution in [2.45, 2.75) is 25.7 Å². The number of aliphatic carboxylic acids is 1. The number of carbonyl (C=O) groups is 3. The minimum atomic E-state index is -0.819. The molecule has 0 spiro atoms. The first-order chi connectivity index (χ1) is 9.01. The number of amides is 2. The molecule has 19 heavy (non-hydrogen) atoms. The van der Waals surface area contributed by atoms with Crippen molar-refractivity contribution in [2.24, 2.45) is 5.41 Å². The second kappa shape index (κ2) is 5.81. The van der Waals surface area contributed by atoms with E-state index >= 15 is 0 Å². The fourth-order valence-electron chi connectivity index (χ4n) is 2.47. The predicted octanol–water partition coefficient (Wildman–Crippen LogP) is 0.281. The normalized spacial score (nSPS) is 21.1. The number of thioether (sulfide) groups is 1. The lowest BCUT2D eigenvalue weighted by Gasteiger charge is -2.40. The number of rotatable bonds is 6. The van der Waals surface area contributed by atoms with Gasteiger partial charge in [0.25, 0.3) is 0 Å². The smallest absolute Gasteiger partial charge is 0.303 e. The third kappa shape index (κ3) is 3.62. The van der Waals surface area contributed by atoms with Crippen LogP contribution in [0.5, 0.6) is 0 Å². The molecule has 2 amide bonds. The van der Waals surface area contributed by atoms with E-state index in [0.29, 0.717) is 18.2 Å². The molecule has 2 N–H and O–H groups in total. The van der Waals surface area contributed by atoms with Gasteiger partial charge in [-0.2, -0.15) is 0 Å². The Labute approximate surface area is 115 Å². The quantitative estimate of drug-likeness (QED) is 0.732. The van der Waals surface area contributed by atoms with Crippen LogP contribution in [0.25, 0.3) is 0 Å². The van der Waals surface area contributed by atoms with Crippen LogP contribution >= 0.6 is 11.8 Å². The number of carbonyl (C=O) groups excluding carboxylic acids is 2. The largest absolute Gasteiger partial charge is 0.481 e. The van der Waals surface area contributed by atoms with Crippen molar-refractivity contribution in [2.75, 3.05) is 24.7 Å². The second-order valence-electron chi connectivity index (χ2n) is 5.27. The van der Waals surface area contributed by atoms with Gasteiger partial charge in [-0.1, -0.05) is 6.42 Å². The molecule has 0 atom stereocenters. The summed E-state index contributed by atoms with van der Waals surface area (Å²) in [5.41, 5.74) is -0.273. The Morgan fingerprint density at radius 1 is 1.42 bits per heavy atom. The monoisotopic (exact) mass is 286 g/mol. The first-order valence-electron chi connectivity index (χ1n) is 6.35. The Kier molecular flexibility index (Phi) is 4.34. The molecule has 6 nitrogen and oxygen atoms in total. The van der Waals surface area contributed by atoms with Crippen LogP contribution in [0.2, 0.25) is 0 Å². The van der Waals surface area contributed by atoms with Gasteiger partial charge < -0.3 is 15.3 Å². The molecule has 0 bridgehead atoms. The van der Waals surface area contributed by atoms with Gasteiger partial charge in [0.05, 0.1) is 18.1 Å². The topological polar surface area (TPSA) is 86.7 Å². The number of carboxylic acids is 1. The van der Waals surface area contributed by atoms with Crippen molar-refractivity contribution >= 4 is 29.5 Å². The number of hydrogen-bond donors (Lipinski definition) is 2. The highest BCUT2D eigenvalue weighted by atomic mass is 32.2. The summed E-state index contributed by atoms with van der Waals surface area (Å²) in [6.07, 6.45) is 2.81. The van der Waals surface area contributed by atoms with Crippen LogP contribution in [-0.4, -0.2) is 52.5 Å². The summed E-state index contributed by atoms with van der Waals surface area (Å²) in [5.74, 6) is -0.0282. The Hall–Kier alpha value is -1.24. The molecule has 7 heteroatoms. The van der Waals surface area contributed by atoms with Crippen LogP contribution in [0.3, 0.4) is 0 Å². The van der Waals surface area contributed by atoms with Gasteiger partial charge in [0.2, 0.25) is 11.8 Å². The predicted molar refractivity (Wildman–Crippen MR) is 70.6 cm³/mol. The molecular weight excluding hydrogens is 268 g/mol. The molecule has 2 rings (SSSR count). The summed E-state index contributed by atoms with van der Waals surface area (Å²) in [5, 5.41) is 11.6. The summed E-state index contributed by atoms with van der Waals surface area (Å²) in [6.45, 7) is 0.474. The van der Waals surface area contributed by atoms with Gasteiger partial charge in [0.1, 0.15) is 6.54 Å². The molecule has 1 aliphatic carbocycles. The van der Waals surface area contributed by atoms with Crippen molar-refractivity contribution in [3.05, 3.63) is 0 Å².